The lowest BCUT2D eigenvalue weighted by Gasteiger charge is -2.32. The van der Waals surface area contributed by atoms with Crippen molar-refractivity contribution in [2.45, 2.75) is 25.8 Å². The summed E-state index contributed by atoms with van der Waals surface area (Å²) in [6, 6.07) is 17.3. The molecular weight excluding hydrogens is 263 g/mol. The van der Waals surface area contributed by atoms with E-state index in [4.69, 9.17) is 5.73 Å². The molecule has 21 heavy (non-hydrogen) atoms. The van der Waals surface area contributed by atoms with Crippen molar-refractivity contribution in [2.24, 2.45) is 5.73 Å². The molecule has 3 heteroatoms. The van der Waals surface area contributed by atoms with Gasteiger partial charge in [-0.25, -0.2) is 4.39 Å². The average molecular weight is 286 g/mol. The Balaban J connectivity index is 2.05. The van der Waals surface area contributed by atoms with Crippen LogP contribution in [0.15, 0.2) is 54.6 Å². The van der Waals surface area contributed by atoms with Crippen LogP contribution in [0, 0.1) is 5.82 Å². The summed E-state index contributed by atoms with van der Waals surface area (Å²) in [5.74, 6) is -0.205. The molecule has 0 fully saturated rings. The molecule has 0 aliphatic carbocycles. The van der Waals surface area contributed by atoms with Gasteiger partial charge >= 0.3 is 0 Å². The van der Waals surface area contributed by atoms with E-state index >= 15 is 0 Å². The third-order valence-corrected chi connectivity index (χ3v) is 3.82. The second-order valence-corrected chi connectivity index (χ2v) is 5.18. The Morgan fingerprint density at radius 2 is 1.71 bits per heavy atom. The first-order valence-corrected chi connectivity index (χ1v) is 7.50. The minimum atomic E-state index is -0.205. The molecular formula is C18H23FN2. The lowest BCUT2D eigenvalue weighted by molar-refractivity contribution is 0.564. The van der Waals surface area contributed by atoms with E-state index in [1.807, 2.05) is 18.2 Å². The van der Waals surface area contributed by atoms with Crippen LogP contribution >= 0.6 is 0 Å². The van der Waals surface area contributed by atoms with Gasteiger partial charge < -0.3 is 10.6 Å². The molecule has 2 aromatic carbocycles. The molecule has 2 rings (SSSR count). The van der Waals surface area contributed by atoms with E-state index in [2.05, 4.69) is 36.1 Å². The van der Waals surface area contributed by atoms with E-state index in [-0.39, 0.29) is 11.9 Å². The first-order chi connectivity index (χ1) is 10.2. The highest BCUT2D eigenvalue weighted by molar-refractivity contribution is 5.47. The zero-order chi connectivity index (χ0) is 15.1. The third kappa shape index (κ3) is 4.30. The number of halogens is 1. The van der Waals surface area contributed by atoms with Gasteiger partial charge in [-0.15, -0.1) is 0 Å². The van der Waals surface area contributed by atoms with Gasteiger partial charge in [0.2, 0.25) is 0 Å². The summed E-state index contributed by atoms with van der Waals surface area (Å²) < 4.78 is 13.1. The molecule has 0 saturated carbocycles. The van der Waals surface area contributed by atoms with Gasteiger partial charge in [0.1, 0.15) is 5.82 Å². The fourth-order valence-electron chi connectivity index (χ4n) is 2.66. The van der Waals surface area contributed by atoms with Crippen LogP contribution in [0.2, 0.25) is 0 Å². The zero-order valence-corrected chi connectivity index (χ0v) is 12.5. The highest BCUT2D eigenvalue weighted by Gasteiger charge is 2.16. The maximum Gasteiger partial charge on any atom is 0.123 e. The second-order valence-electron chi connectivity index (χ2n) is 5.18. The normalized spacial score (nSPS) is 12.1. The van der Waals surface area contributed by atoms with Crippen molar-refractivity contribution in [3.8, 4) is 0 Å². The number of rotatable bonds is 7. The molecule has 1 unspecified atom stereocenters. The van der Waals surface area contributed by atoms with Gasteiger partial charge in [-0.2, -0.15) is 0 Å². The highest BCUT2D eigenvalue weighted by Crippen LogP contribution is 2.19. The van der Waals surface area contributed by atoms with Crippen molar-refractivity contribution in [3.05, 3.63) is 66.0 Å². The first-order valence-electron chi connectivity index (χ1n) is 7.50. The Kier molecular flexibility index (Phi) is 5.76. The third-order valence-electron chi connectivity index (χ3n) is 3.82. The van der Waals surface area contributed by atoms with Gasteiger partial charge in [-0.1, -0.05) is 30.3 Å². The van der Waals surface area contributed by atoms with E-state index in [9.17, 15) is 4.39 Å². The molecule has 0 amide bonds. The molecule has 2 nitrogen and oxygen atoms in total. The first kappa shape index (κ1) is 15.5. The van der Waals surface area contributed by atoms with Crippen molar-refractivity contribution in [1.82, 2.24) is 0 Å². The lowest BCUT2D eigenvalue weighted by Crippen LogP contribution is -2.41. The SMILES string of the molecule is CCN(c1ccc(F)cc1)C(CN)CCc1ccccc1. The van der Waals surface area contributed by atoms with Gasteiger partial charge in [-0.05, 0) is 49.6 Å². The Hall–Kier alpha value is -1.87. The molecule has 0 aliphatic rings. The summed E-state index contributed by atoms with van der Waals surface area (Å²) in [7, 11) is 0. The van der Waals surface area contributed by atoms with E-state index in [0.717, 1.165) is 25.1 Å². The van der Waals surface area contributed by atoms with E-state index in [1.165, 1.54) is 17.7 Å². The van der Waals surface area contributed by atoms with Crippen LogP contribution in [-0.4, -0.2) is 19.1 Å². The van der Waals surface area contributed by atoms with E-state index < -0.39 is 0 Å². The number of likely N-dealkylation sites (N-methyl/N-ethyl adjacent to an activating group) is 1. The fourth-order valence-corrected chi connectivity index (χ4v) is 2.66. The monoisotopic (exact) mass is 286 g/mol. The standard InChI is InChI=1S/C18H23FN2/c1-2-21(17-12-9-16(19)10-13-17)18(14-20)11-8-15-6-4-3-5-7-15/h3-7,9-10,12-13,18H,2,8,11,14,20H2,1H3. The number of hydrogen-bond acceptors (Lipinski definition) is 2. The molecule has 112 valence electrons. The Bertz CT molecular complexity index is 525. The van der Waals surface area contributed by atoms with Crippen molar-refractivity contribution < 1.29 is 4.39 Å². The average Bonchev–Trinajstić information content (AvgIpc) is 2.53. The minimum Gasteiger partial charge on any atom is -0.368 e. The van der Waals surface area contributed by atoms with Gasteiger partial charge in [0.25, 0.3) is 0 Å². The van der Waals surface area contributed by atoms with Crippen molar-refractivity contribution in [3.63, 3.8) is 0 Å². The fraction of sp³-hybridized carbons (Fsp3) is 0.333. The molecule has 2 N–H and O–H groups in total. The molecule has 0 heterocycles. The Morgan fingerprint density at radius 1 is 1.05 bits per heavy atom. The largest absolute Gasteiger partial charge is 0.368 e. The number of hydrogen-bond donors (Lipinski definition) is 1. The Morgan fingerprint density at radius 3 is 2.29 bits per heavy atom. The van der Waals surface area contributed by atoms with Crippen LogP contribution in [0.5, 0.6) is 0 Å². The molecule has 0 aliphatic heterocycles. The molecule has 0 spiro atoms. The maximum atomic E-state index is 13.1. The van der Waals surface area contributed by atoms with Crippen LogP contribution in [-0.2, 0) is 6.42 Å². The van der Waals surface area contributed by atoms with E-state index in [0.29, 0.717) is 6.54 Å². The maximum absolute atomic E-state index is 13.1. The van der Waals surface area contributed by atoms with Crippen LogP contribution < -0.4 is 10.6 Å². The zero-order valence-electron chi connectivity index (χ0n) is 12.5. The van der Waals surface area contributed by atoms with Gasteiger partial charge in [0.15, 0.2) is 0 Å². The molecule has 1 atom stereocenters. The van der Waals surface area contributed by atoms with Gasteiger partial charge in [-0.3, -0.25) is 0 Å². The lowest BCUT2D eigenvalue weighted by atomic mass is 10.0. The number of nitrogens with two attached hydrogens (primary N) is 1. The molecule has 0 bridgehead atoms. The summed E-state index contributed by atoms with van der Waals surface area (Å²) in [5.41, 5.74) is 8.32. The molecule has 0 saturated heterocycles. The quantitative estimate of drug-likeness (QED) is 0.842. The molecule has 0 aromatic heterocycles. The van der Waals surface area contributed by atoms with Crippen LogP contribution in [0.25, 0.3) is 0 Å². The number of benzene rings is 2. The van der Waals surface area contributed by atoms with Gasteiger partial charge in [0.05, 0.1) is 0 Å². The smallest absolute Gasteiger partial charge is 0.123 e. The van der Waals surface area contributed by atoms with Crippen molar-refractivity contribution >= 4 is 5.69 Å². The summed E-state index contributed by atoms with van der Waals surface area (Å²) in [4.78, 5) is 2.25. The molecule has 2 aromatic rings. The predicted octanol–water partition coefficient (Wildman–Crippen LogP) is 3.61. The summed E-state index contributed by atoms with van der Waals surface area (Å²) in [6.07, 6.45) is 1.99. The van der Waals surface area contributed by atoms with Crippen LogP contribution in [0.4, 0.5) is 10.1 Å². The topological polar surface area (TPSA) is 29.3 Å². The summed E-state index contributed by atoms with van der Waals surface area (Å²) >= 11 is 0. The summed E-state index contributed by atoms with van der Waals surface area (Å²) in [5, 5.41) is 0. The number of anilines is 1. The van der Waals surface area contributed by atoms with E-state index in [1.54, 1.807) is 0 Å². The minimum absolute atomic E-state index is 0.205. The van der Waals surface area contributed by atoms with Crippen LogP contribution in [0.1, 0.15) is 18.9 Å². The highest BCUT2D eigenvalue weighted by atomic mass is 19.1. The second kappa shape index (κ2) is 7.79. The summed E-state index contributed by atoms with van der Waals surface area (Å²) in [6.45, 7) is 3.56. The predicted molar refractivity (Wildman–Crippen MR) is 87.0 cm³/mol. The van der Waals surface area contributed by atoms with Crippen molar-refractivity contribution in [1.29, 1.82) is 0 Å². The Labute approximate surface area is 126 Å². The number of nitrogens with zero attached hydrogens (tertiary/aromatic N) is 1. The number of aryl methyl sites for hydroxylation is 1. The van der Waals surface area contributed by atoms with Crippen LogP contribution in [0.3, 0.4) is 0 Å². The molecule has 0 radical (unpaired) electrons. The van der Waals surface area contributed by atoms with Gasteiger partial charge in [0, 0.05) is 24.8 Å². The van der Waals surface area contributed by atoms with Crippen molar-refractivity contribution in [2.75, 3.05) is 18.0 Å².